The Kier molecular flexibility index (Phi) is 6.15. The third-order valence-electron chi connectivity index (χ3n) is 3.78. The highest BCUT2D eigenvalue weighted by molar-refractivity contribution is 6.34. The summed E-state index contributed by atoms with van der Waals surface area (Å²) in [4.78, 5) is 25.6. The van der Waals surface area contributed by atoms with E-state index in [0.717, 1.165) is 11.1 Å². The van der Waals surface area contributed by atoms with Crippen LogP contribution in [-0.2, 0) is 16.1 Å². The Labute approximate surface area is 151 Å². The summed E-state index contributed by atoms with van der Waals surface area (Å²) in [5, 5.41) is 3.04. The molecular weight excluding hydrogens is 343 g/mol. The van der Waals surface area contributed by atoms with Gasteiger partial charge in [-0.1, -0.05) is 35.9 Å². The fourth-order valence-electron chi connectivity index (χ4n) is 2.63. The maximum Gasteiger partial charge on any atom is 0.240 e. The van der Waals surface area contributed by atoms with Crippen molar-refractivity contribution < 1.29 is 14.0 Å². The van der Waals surface area contributed by atoms with Crippen molar-refractivity contribution in [2.45, 2.75) is 27.3 Å². The van der Waals surface area contributed by atoms with Crippen molar-refractivity contribution >= 4 is 29.1 Å². The molecule has 0 heterocycles. The number of rotatable bonds is 5. The van der Waals surface area contributed by atoms with E-state index in [1.54, 1.807) is 24.3 Å². The van der Waals surface area contributed by atoms with Crippen LogP contribution in [0.3, 0.4) is 0 Å². The molecular formula is C19H20ClFN2O2. The minimum atomic E-state index is -0.394. The first-order valence-electron chi connectivity index (χ1n) is 7.84. The van der Waals surface area contributed by atoms with Gasteiger partial charge in [0.2, 0.25) is 11.8 Å². The second-order valence-electron chi connectivity index (χ2n) is 5.89. The normalized spacial score (nSPS) is 10.4. The first-order valence-corrected chi connectivity index (χ1v) is 8.22. The van der Waals surface area contributed by atoms with Crippen LogP contribution in [0, 0.1) is 19.7 Å². The minimum absolute atomic E-state index is 0.0534. The van der Waals surface area contributed by atoms with Crippen LogP contribution in [0.25, 0.3) is 0 Å². The zero-order valence-corrected chi connectivity index (χ0v) is 15.2. The number of amides is 2. The number of benzene rings is 2. The molecule has 0 bridgehead atoms. The van der Waals surface area contributed by atoms with Gasteiger partial charge in [0.1, 0.15) is 12.4 Å². The lowest BCUT2D eigenvalue weighted by Crippen LogP contribution is -2.40. The van der Waals surface area contributed by atoms with Crippen LogP contribution in [0.4, 0.5) is 10.1 Å². The van der Waals surface area contributed by atoms with Crippen LogP contribution < -0.4 is 10.2 Å². The maximum atomic E-state index is 13.6. The highest BCUT2D eigenvalue weighted by Gasteiger charge is 2.20. The Morgan fingerprint density at radius 2 is 1.88 bits per heavy atom. The van der Waals surface area contributed by atoms with E-state index in [4.69, 9.17) is 11.6 Å². The number of halogens is 2. The van der Waals surface area contributed by atoms with Gasteiger partial charge in [0, 0.05) is 19.0 Å². The summed E-state index contributed by atoms with van der Waals surface area (Å²) in [6.45, 7) is 4.98. The van der Waals surface area contributed by atoms with Crippen LogP contribution in [0.1, 0.15) is 23.6 Å². The summed E-state index contributed by atoms with van der Waals surface area (Å²) < 4.78 is 13.6. The van der Waals surface area contributed by atoms with E-state index >= 15 is 0 Å². The molecule has 0 saturated carbocycles. The fraction of sp³-hybridized carbons (Fsp3) is 0.263. The summed E-state index contributed by atoms with van der Waals surface area (Å²) in [6, 6.07) is 9.85. The van der Waals surface area contributed by atoms with Gasteiger partial charge in [-0.05, 0) is 37.1 Å². The Morgan fingerprint density at radius 1 is 1.20 bits per heavy atom. The van der Waals surface area contributed by atoms with Crippen molar-refractivity contribution in [3.63, 3.8) is 0 Å². The Hall–Kier alpha value is -2.40. The number of nitrogens with one attached hydrogen (secondary N) is 1. The van der Waals surface area contributed by atoms with Crippen molar-refractivity contribution in [1.29, 1.82) is 0 Å². The van der Waals surface area contributed by atoms with Gasteiger partial charge < -0.3 is 10.2 Å². The van der Waals surface area contributed by atoms with Gasteiger partial charge in [-0.25, -0.2) is 4.39 Å². The molecule has 25 heavy (non-hydrogen) atoms. The molecule has 0 atom stereocenters. The molecule has 0 aliphatic rings. The van der Waals surface area contributed by atoms with Crippen molar-refractivity contribution in [3.05, 3.63) is 63.9 Å². The van der Waals surface area contributed by atoms with E-state index in [0.29, 0.717) is 16.3 Å². The smallest absolute Gasteiger partial charge is 0.240 e. The first kappa shape index (κ1) is 18.9. The lowest BCUT2D eigenvalue weighted by molar-refractivity contribution is -0.123. The number of aryl methyl sites for hydroxylation is 2. The molecule has 0 aliphatic carbocycles. The number of carbonyl (C=O) groups excluding carboxylic acids is 2. The third kappa shape index (κ3) is 4.79. The molecule has 0 saturated heterocycles. The van der Waals surface area contributed by atoms with E-state index in [1.165, 1.54) is 17.9 Å². The first-order chi connectivity index (χ1) is 11.8. The van der Waals surface area contributed by atoms with E-state index in [2.05, 4.69) is 5.32 Å². The van der Waals surface area contributed by atoms with E-state index < -0.39 is 5.91 Å². The van der Waals surface area contributed by atoms with Crippen LogP contribution in [-0.4, -0.2) is 18.4 Å². The largest absolute Gasteiger partial charge is 0.350 e. The van der Waals surface area contributed by atoms with Gasteiger partial charge >= 0.3 is 0 Å². The van der Waals surface area contributed by atoms with Crippen LogP contribution in [0.5, 0.6) is 0 Å². The molecule has 2 aromatic carbocycles. The maximum absolute atomic E-state index is 13.6. The molecule has 0 fully saturated rings. The van der Waals surface area contributed by atoms with Gasteiger partial charge in [-0.3, -0.25) is 9.59 Å². The van der Waals surface area contributed by atoms with E-state index in [-0.39, 0.29) is 24.8 Å². The van der Waals surface area contributed by atoms with Crippen LogP contribution in [0.2, 0.25) is 5.02 Å². The molecule has 0 aliphatic heterocycles. The number of hydrogen-bond donors (Lipinski definition) is 1. The van der Waals surface area contributed by atoms with Gasteiger partial charge in [-0.2, -0.15) is 0 Å². The van der Waals surface area contributed by atoms with Crippen molar-refractivity contribution in [3.8, 4) is 0 Å². The van der Waals surface area contributed by atoms with Gasteiger partial charge in [0.25, 0.3) is 0 Å². The zero-order chi connectivity index (χ0) is 18.6. The molecule has 2 rings (SSSR count). The summed E-state index contributed by atoms with van der Waals surface area (Å²) in [5.74, 6) is -1.08. The summed E-state index contributed by atoms with van der Waals surface area (Å²) in [7, 11) is 0. The molecule has 2 amide bonds. The molecule has 4 nitrogen and oxygen atoms in total. The highest BCUT2D eigenvalue weighted by atomic mass is 35.5. The number of carbonyl (C=O) groups is 2. The van der Waals surface area contributed by atoms with Crippen LogP contribution >= 0.6 is 11.6 Å². The molecule has 0 aromatic heterocycles. The molecule has 0 radical (unpaired) electrons. The average molecular weight is 363 g/mol. The number of hydrogen-bond acceptors (Lipinski definition) is 2. The SMILES string of the molecule is CC(=O)N(CC(=O)NCc1ccccc1F)c1c(C)cc(C)cc1Cl. The van der Waals surface area contributed by atoms with Crippen molar-refractivity contribution in [1.82, 2.24) is 5.32 Å². The van der Waals surface area contributed by atoms with Gasteiger partial charge in [0.05, 0.1) is 10.7 Å². The molecule has 132 valence electrons. The monoisotopic (exact) mass is 362 g/mol. The highest BCUT2D eigenvalue weighted by Crippen LogP contribution is 2.31. The third-order valence-corrected chi connectivity index (χ3v) is 4.07. The molecule has 6 heteroatoms. The second kappa shape index (κ2) is 8.12. The summed E-state index contributed by atoms with van der Waals surface area (Å²) in [5.41, 5.74) is 2.68. The van der Waals surface area contributed by atoms with Gasteiger partial charge in [0.15, 0.2) is 0 Å². The van der Waals surface area contributed by atoms with Crippen molar-refractivity contribution in [2.75, 3.05) is 11.4 Å². The number of anilines is 1. The summed E-state index contributed by atoms with van der Waals surface area (Å²) >= 11 is 6.28. The molecule has 0 unspecified atom stereocenters. The fourth-order valence-corrected chi connectivity index (χ4v) is 3.06. The second-order valence-corrected chi connectivity index (χ2v) is 6.29. The number of nitrogens with zero attached hydrogens (tertiary/aromatic N) is 1. The molecule has 1 N–H and O–H groups in total. The average Bonchev–Trinajstić information content (AvgIpc) is 2.52. The van der Waals surface area contributed by atoms with Crippen molar-refractivity contribution in [2.24, 2.45) is 0 Å². The van der Waals surface area contributed by atoms with Crippen LogP contribution in [0.15, 0.2) is 36.4 Å². The Morgan fingerprint density at radius 3 is 2.48 bits per heavy atom. The quantitative estimate of drug-likeness (QED) is 0.880. The Bertz CT molecular complexity index is 785. The topological polar surface area (TPSA) is 49.4 Å². The summed E-state index contributed by atoms with van der Waals surface area (Å²) in [6.07, 6.45) is 0. The lowest BCUT2D eigenvalue weighted by Gasteiger charge is -2.24. The Balaban J connectivity index is 2.13. The minimum Gasteiger partial charge on any atom is -0.350 e. The molecule has 0 spiro atoms. The van der Waals surface area contributed by atoms with E-state index in [1.807, 2.05) is 19.9 Å². The molecule has 2 aromatic rings. The zero-order valence-electron chi connectivity index (χ0n) is 14.4. The predicted molar refractivity (Wildman–Crippen MR) is 97.2 cm³/mol. The standard InChI is InChI=1S/C19H20ClFN2O2/c1-12-8-13(2)19(16(20)9-12)23(14(3)24)11-18(25)22-10-15-6-4-5-7-17(15)21/h4-9H,10-11H2,1-3H3,(H,22,25). The predicted octanol–water partition coefficient (Wildman–Crippen LogP) is 3.77. The van der Waals surface area contributed by atoms with Gasteiger partial charge in [-0.15, -0.1) is 0 Å². The van der Waals surface area contributed by atoms with E-state index in [9.17, 15) is 14.0 Å². The lowest BCUT2D eigenvalue weighted by atomic mass is 10.1.